The van der Waals surface area contributed by atoms with Crippen LogP contribution in [-0.4, -0.2) is 11.1 Å². The second-order valence-corrected chi connectivity index (χ2v) is 6.23. The van der Waals surface area contributed by atoms with Crippen molar-refractivity contribution in [2.45, 2.75) is 9.10 Å². The van der Waals surface area contributed by atoms with Crippen LogP contribution in [-0.2, 0) is 0 Å². The van der Waals surface area contributed by atoms with E-state index in [9.17, 15) is 4.79 Å². The summed E-state index contributed by atoms with van der Waals surface area (Å²) in [6.45, 7) is 0. The molecule has 0 aliphatic carbocycles. The van der Waals surface area contributed by atoms with Gasteiger partial charge in [0.25, 0.3) is 0 Å². The van der Waals surface area contributed by atoms with Crippen LogP contribution in [0, 0.1) is 0 Å². The molecule has 3 rings (SSSR count). The molecule has 1 N–H and O–H groups in total. The first-order valence-corrected chi connectivity index (χ1v) is 7.42. The van der Waals surface area contributed by atoms with Gasteiger partial charge in [0.2, 0.25) is 0 Å². The zero-order valence-corrected chi connectivity index (χ0v) is 11.5. The third-order valence-electron chi connectivity index (χ3n) is 2.81. The van der Waals surface area contributed by atoms with Crippen molar-refractivity contribution in [2.75, 3.05) is 0 Å². The Morgan fingerprint density at radius 2 is 1.84 bits per heavy atom. The molecule has 3 aromatic rings. The summed E-state index contributed by atoms with van der Waals surface area (Å²) in [5.74, 6) is -0.871. The van der Waals surface area contributed by atoms with Crippen LogP contribution in [0.25, 0.3) is 10.8 Å². The summed E-state index contributed by atoms with van der Waals surface area (Å²) in [6, 6.07) is 15.9. The zero-order chi connectivity index (χ0) is 13.2. The van der Waals surface area contributed by atoms with Gasteiger partial charge in [-0.25, -0.2) is 4.79 Å². The van der Waals surface area contributed by atoms with E-state index < -0.39 is 5.97 Å². The number of carbonyl (C=O) groups is 1. The standard InChI is InChI=1S/C15H10O2S2/c16-14(17)12-8-9-18-15(12)19-13-7-3-5-10-4-1-2-6-11(10)13/h1-9H,(H,16,17). The molecule has 0 amide bonds. The highest BCUT2D eigenvalue weighted by Crippen LogP contribution is 2.38. The molecule has 0 aliphatic heterocycles. The Labute approximate surface area is 118 Å². The maximum absolute atomic E-state index is 11.1. The molecule has 0 aliphatic rings. The summed E-state index contributed by atoms with van der Waals surface area (Å²) in [5, 5.41) is 13.3. The number of thiophene rings is 1. The summed E-state index contributed by atoms with van der Waals surface area (Å²) >= 11 is 2.98. The fraction of sp³-hybridized carbons (Fsp3) is 0. The Kier molecular flexibility index (Phi) is 3.27. The second-order valence-electron chi connectivity index (χ2n) is 4.01. The van der Waals surface area contributed by atoms with Gasteiger partial charge in [0.1, 0.15) is 0 Å². The molecule has 0 spiro atoms. The van der Waals surface area contributed by atoms with Gasteiger partial charge in [-0.3, -0.25) is 0 Å². The Bertz CT molecular complexity index is 741. The molecule has 0 saturated heterocycles. The van der Waals surface area contributed by atoms with Gasteiger partial charge in [0, 0.05) is 4.90 Å². The van der Waals surface area contributed by atoms with Gasteiger partial charge in [-0.05, 0) is 28.3 Å². The van der Waals surface area contributed by atoms with E-state index in [2.05, 4.69) is 18.2 Å². The van der Waals surface area contributed by atoms with Crippen LogP contribution in [0.4, 0.5) is 0 Å². The van der Waals surface area contributed by atoms with Crippen molar-refractivity contribution in [3.05, 3.63) is 59.5 Å². The Morgan fingerprint density at radius 3 is 2.68 bits per heavy atom. The molecule has 2 nitrogen and oxygen atoms in total. The van der Waals surface area contributed by atoms with Gasteiger partial charge >= 0.3 is 5.97 Å². The lowest BCUT2D eigenvalue weighted by atomic mass is 10.1. The van der Waals surface area contributed by atoms with Gasteiger partial charge in [-0.15, -0.1) is 11.3 Å². The van der Waals surface area contributed by atoms with E-state index in [1.54, 1.807) is 6.07 Å². The number of rotatable bonds is 3. The van der Waals surface area contributed by atoms with Gasteiger partial charge in [0.15, 0.2) is 0 Å². The van der Waals surface area contributed by atoms with Crippen LogP contribution < -0.4 is 0 Å². The predicted molar refractivity (Wildman–Crippen MR) is 79.3 cm³/mol. The average molecular weight is 286 g/mol. The minimum Gasteiger partial charge on any atom is -0.478 e. The first-order valence-electron chi connectivity index (χ1n) is 5.72. The molecule has 0 atom stereocenters. The van der Waals surface area contributed by atoms with Gasteiger partial charge < -0.3 is 5.11 Å². The highest BCUT2D eigenvalue weighted by atomic mass is 32.2. The number of fused-ring (bicyclic) bond motifs is 1. The van der Waals surface area contributed by atoms with E-state index in [1.165, 1.54) is 28.5 Å². The van der Waals surface area contributed by atoms with Crippen LogP contribution in [0.15, 0.2) is 63.0 Å². The fourth-order valence-electron chi connectivity index (χ4n) is 1.92. The third kappa shape index (κ3) is 2.37. The molecule has 4 heteroatoms. The third-order valence-corrected chi connectivity index (χ3v) is 5.04. The van der Waals surface area contributed by atoms with Gasteiger partial charge in [0.05, 0.1) is 9.77 Å². The van der Waals surface area contributed by atoms with E-state index in [1.807, 2.05) is 29.6 Å². The largest absolute Gasteiger partial charge is 0.478 e. The van der Waals surface area contributed by atoms with Crippen molar-refractivity contribution in [1.29, 1.82) is 0 Å². The smallest absolute Gasteiger partial charge is 0.337 e. The molecule has 2 aromatic carbocycles. The minimum atomic E-state index is -0.871. The summed E-state index contributed by atoms with van der Waals surface area (Å²) < 4.78 is 0.823. The number of hydrogen-bond donors (Lipinski definition) is 1. The number of carboxylic acids is 1. The van der Waals surface area contributed by atoms with Crippen LogP contribution in [0.2, 0.25) is 0 Å². The van der Waals surface area contributed by atoms with E-state index >= 15 is 0 Å². The monoisotopic (exact) mass is 286 g/mol. The highest BCUT2D eigenvalue weighted by molar-refractivity contribution is 8.01. The molecule has 1 heterocycles. The molecule has 0 saturated carbocycles. The SMILES string of the molecule is O=C(O)c1ccsc1Sc1cccc2ccccc12. The normalized spacial score (nSPS) is 10.7. The molecule has 19 heavy (non-hydrogen) atoms. The van der Waals surface area contributed by atoms with Crippen molar-refractivity contribution >= 4 is 39.8 Å². The van der Waals surface area contributed by atoms with E-state index in [-0.39, 0.29) is 0 Å². The molecule has 0 fully saturated rings. The van der Waals surface area contributed by atoms with E-state index in [4.69, 9.17) is 5.11 Å². The number of hydrogen-bond acceptors (Lipinski definition) is 3. The van der Waals surface area contributed by atoms with Crippen molar-refractivity contribution < 1.29 is 9.90 Å². The molecule has 1 aromatic heterocycles. The van der Waals surface area contributed by atoms with Crippen LogP contribution in [0.5, 0.6) is 0 Å². The number of aromatic carboxylic acids is 1. The van der Waals surface area contributed by atoms with Crippen LogP contribution >= 0.6 is 23.1 Å². The molecule has 0 bridgehead atoms. The summed E-state index contributed by atoms with van der Waals surface area (Å²) in [5.41, 5.74) is 0.378. The average Bonchev–Trinajstić information content (AvgIpc) is 2.87. The number of benzene rings is 2. The summed E-state index contributed by atoms with van der Waals surface area (Å²) in [4.78, 5) is 12.2. The van der Waals surface area contributed by atoms with E-state index in [0.717, 1.165) is 14.5 Å². The molecule has 0 unspecified atom stereocenters. The summed E-state index contributed by atoms with van der Waals surface area (Å²) in [6.07, 6.45) is 0. The lowest BCUT2D eigenvalue weighted by Gasteiger charge is -2.05. The fourth-order valence-corrected chi connectivity index (χ4v) is 4.06. The van der Waals surface area contributed by atoms with Crippen molar-refractivity contribution in [3.8, 4) is 0 Å². The zero-order valence-electron chi connectivity index (χ0n) is 9.87. The number of carboxylic acid groups (broad SMARTS) is 1. The lowest BCUT2D eigenvalue weighted by Crippen LogP contribution is -1.94. The second kappa shape index (κ2) is 5.07. The Balaban J connectivity index is 2.06. The molecular weight excluding hydrogens is 276 g/mol. The maximum atomic E-state index is 11.1. The Hall–Kier alpha value is -1.78. The first kappa shape index (κ1) is 12.3. The predicted octanol–water partition coefficient (Wildman–Crippen LogP) is 4.75. The van der Waals surface area contributed by atoms with Crippen molar-refractivity contribution in [1.82, 2.24) is 0 Å². The highest BCUT2D eigenvalue weighted by Gasteiger charge is 2.13. The topological polar surface area (TPSA) is 37.3 Å². The minimum absolute atomic E-state index is 0.378. The van der Waals surface area contributed by atoms with Gasteiger partial charge in [-0.2, -0.15) is 0 Å². The van der Waals surface area contributed by atoms with E-state index in [0.29, 0.717) is 5.56 Å². The van der Waals surface area contributed by atoms with Crippen LogP contribution in [0.3, 0.4) is 0 Å². The van der Waals surface area contributed by atoms with Crippen LogP contribution in [0.1, 0.15) is 10.4 Å². The summed E-state index contributed by atoms with van der Waals surface area (Å²) in [7, 11) is 0. The Morgan fingerprint density at radius 1 is 1.05 bits per heavy atom. The van der Waals surface area contributed by atoms with Crippen molar-refractivity contribution in [2.24, 2.45) is 0 Å². The quantitative estimate of drug-likeness (QED) is 0.755. The molecule has 94 valence electrons. The molecular formula is C15H10O2S2. The lowest BCUT2D eigenvalue weighted by molar-refractivity contribution is 0.0694. The van der Waals surface area contributed by atoms with Gasteiger partial charge in [-0.1, -0.05) is 48.2 Å². The van der Waals surface area contributed by atoms with Crippen molar-refractivity contribution in [3.63, 3.8) is 0 Å². The maximum Gasteiger partial charge on any atom is 0.337 e. The molecule has 0 radical (unpaired) electrons. The first-order chi connectivity index (χ1) is 9.25.